The average Bonchev–Trinajstić information content (AvgIpc) is 2.32. The third-order valence-corrected chi connectivity index (χ3v) is 4.08. The number of rotatable bonds is 3. The van der Waals surface area contributed by atoms with E-state index < -0.39 is 8.07 Å². The highest BCUT2D eigenvalue weighted by Crippen LogP contribution is 2.24. The van der Waals surface area contributed by atoms with Crippen LogP contribution in [-0.4, -0.2) is 8.07 Å². The molecule has 0 aromatic heterocycles. The molecule has 0 spiro atoms. The van der Waals surface area contributed by atoms with Crippen molar-refractivity contribution in [2.24, 2.45) is 0 Å². The normalized spacial score (nSPS) is 18.6. The van der Waals surface area contributed by atoms with Crippen molar-refractivity contribution in [3.8, 4) is 0 Å². The van der Waals surface area contributed by atoms with E-state index in [2.05, 4.69) is 25.7 Å². The fourth-order valence-electron chi connectivity index (χ4n) is 1.50. The molecule has 0 nitrogen and oxygen atoms in total. The van der Waals surface area contributed by atoms with Crippen molar-refractivity contribution in [3.05, 3.63) is 11.6 Å². The summed E-state index contributed by atoms with van der Waals surface area (Å²) in [4.78, 5) is 0. The first-order valence-electron chi connectivity index (χ1n) is 4.76. The van der Waals surface area contributed by atoms with Crippen molar-refractivity contribution in [3.63, 3.8) is 0 Å². The smallest absolute Gasteiger partial charge is 0.0445 e. The molecule has 0 unspecified atom stereocenters. The molecular weight excluding hydrogens is 148 g/mol. The lowest BCUT2D eigenvalue weighted by Crippen LogP contribution is -2.18. The van der Waals surface area contributed by atoms with Crippen molar-refractivity contribution in [1.29, 1.82) is 0 Å². The van der Waals surface area contributed by atoms with Crippen LogP contribution in [-0.2, 0) is 0 Å². The first-order valence-corrected chi connectivity index (χ1v) is 8.46. The monoisotopic (exact) mass is 168 g/mol. The van der Waals surface area contributed by atoms with Crippen LogP contribution in [0.3, 0.4) is 0 Å². The van der Waals surface area contributed by atoms with Crippen LogP contribution >= 0.6 is 0 Å². The van der Waals surface area contributed by atoms with Crippen LogP contribution < -0.4 is 0 Å². The summed E-state index contributed by atoms with van der Waals surface area (Å²) in [5.74, 6) is 0. The van der Waals surface area contributed by atoms with Gasteiger partial charge in [-0.05, 0) is 25.7 Å². The van der Waals surface area contributed by atoms with Crippen LogP contribution in [0.2, 0.25) is 25.7 Å². The van der Waals surface area contributed by atoms with E-state index in [1.54, 1.807) is 5.57 Å². The zero-order valence-electron chi connectivity index (χ0n) is 8.11. The summed E-state index contributed by atoms with van der Waals surface area (Å²) >= 11 is 0. The lowest BCUT2D eigenvalue weighted by Gasteiger charge is -2.15. The van der Waals surface area contributed by atoms with Crippen molar-refractivity contribution in [2.45, 2.75) is 51.4 Å². The Hall–Kier alpha value is -0.0431. The quantitative estimate of drug-likeness (QED) is 0.444. The molecule has 0 saturated carbocycles. The standard InChI is InChI=1S/C10H20Si/c1-11(2,3)9-8-10-6-4-5-7-10/h6H,4-5,7-9H2,1-3H3. The molecule has 0 aromatic carbocycles. The van der Waals surface area contributed by atoms with Gasteiger partial charge in [0.15, 0.2) is 0 Å². The molecular formula is C10H20Si. The molecule has 11 heavy (non-hydrogen) atoms. The molecule has 1 rings (SSSR count). The number of allylic oxidation sites excluding steroid dienone is 2. The van der Waals surface area contributed by atoms with Gasteiger partial charge >= 0.3 is 0 Å². The van der Waals surface area contributed by atoms with Crippen molar-refractivity contribution in [2.75, 3.05) is 0 Å². The summed E-state index contributed by atoms with van der Waals surface area (Å²) in [7, 11) is -0.766. The first kappa shape index (κ1) is 9.05. The highest BCUT2D eigenvalue weighted by Gasteiger charge is 2.14. The summed E-state index contributed by atoms with van der Waals surface area (Å²) < 4.78 is 0. The van der Waals surface area contributed by atoms with Crippen molar-refractivity contribution >= 4 is 8.07 Å². The van der Waals surface area contributed by atoms with Gasteiger partial charge in [-0.2, -0.15) is 0 Å². The van der Waals surface area contributed by atoms with Gasteiger partial charge in [0.25, 0.3) is 0 Å². The van der Waals surface area contributed by atoms with Crippen LogP contribution in [0.1, 0.15) is 25.7 Å². The molecule has 0 aromatic rings. The van der Waals surface area contributed by atoms with Crippen LogP contribution in [0.5, 0.6) is 0 Å². The minimum Gasteiger partial charge on any atom is -0.0853 e. The van der Waals surface area contributed by atoms with Crippen molar-refractivity contribution in [1.82, 2.24) is 0 Å². The third kappa shape index (κ3) is 3.75. The minimum absolute atomic E-state index is 0.766. The van der Waals surface area contributed by atoms with Gasteiger partial charge < -0.3 is 0 Å². The average molecular weight is 168 g/mol. The molecule has 0 aliphatic heterocycles. The van der Waals surface area contributed by atoms with Gasteiger partial charge in [-0.15, -0.1) is 0 Å². The first-order chi connectivity index (χ1) is 5.08. The third-order valence-electron chi connectivity index (χ3n) is 2.33. The molecule has 1 aliphatic carbocycles. The Morgan fingerprint density at radius 1 is 1.36 bits per heavy atom. The van der Waals surface area contributed by atoms with Crippen molar-refractivity contribution < 1.29 is 0 Å². The second kappa shape index (κ2) is 3.57. The molecule has 1 aliphatic rings. The van der Waals surface area contributed by atoms with Crippen LogP contribution in [0.4, 0.5) is 0 Å². The molecule has 64 valence electrons. The Balaban J connectivity index is 2.22. The van der Waals surface area contributed by atoms with E-state index >= 15 is 0 Å². The maximum atomic E-state index is 2.46. The highest BCUT2D eigenvalue weighted by atomic mass is 28.3. The van der Waals surface area contributed by atoms with Gasteiger partial charge in [0, 0.05) is 8.07 Å². The Kier molecular flexibility index (Phi) is 2.94. The number of hydrogen-bond donors (Lipinski definition) is 0. The van der Waals surface area contributed by atoms with E-state index in [1.165, 1.54) is 31.7 Å². The Labute approximate surface area is 71.7 Å². The predicted molar refractivity (Wildman–Crippen MR) is 54.7 cm³/mol. The minimum atomic E-state index is -0.766. The zero-order chi connectivity index (χ0) is 8.32. The molecule has 0 saturated heterocycles. The molecule has 0 fully saturated rings. The summed E-state index contributed by atoms with van der Waals surface area (Å²) in [6, 6.07) is 1.48. The topological polar surface area (TPSA) is 0 Å². The largest absolute Gasteiger partial charge is 0.0853 e. The maximum absolute atomic E-state index is 2.46. The molecule has 0 N–H and O–H groups in total. The SMILES string of the molecule is C[Si](C)(C)CCC1=CCCC1. The molecule has 0 atom stereocenters. The highest BCUT2D eigenvalue weighted by molar-refractivity contribution is 6.76. The van der Waals surface area contributed by atoms with Crippen LogP contribution in [0, 0.1) is 0 Å². The molecule has 1 heteroatoms. The van der Waals surface area contributed by atoms with Crippen LogP contribution in [0.15, 0.2) is 11.6 Å². The number of hydrogen-bond acceptors (Lipinski definition) is 0. The van der Waals surface area contributed by atoms with Crippen LogP contribution in [0.25, 0.3) is 0 Å². The van der Waals surface area contributed by atoms with E-state index in [1.807, 2.05) is 0 Å². The van der Waals surface area contributed by atoms with Gasteiger partial charge in [-0.25, -0.2) is 0 Å². The summed E-state index contributed by atoms with van der Waals surface area (Å²) in [6.07, 6.45) is 8.02. The molecule has 0 bridgehead atoms. The van der Waals surface area contributed by atoms with E-state index in [0.29, 0.717) is 0 Å². The second-order valence-electron chi connectivity index (χ2n) is 4.82. The lowest BCUT2D eigenvalue weighted by molar-refractivity contribution is 0.875. The Bertz CT molecular complexity index is 151. The molecule has 0 heterocycles. The van der Waals surface area contributed by atoms with Gasteiger partial charge in [0.05, 0.1) is 0 Å². The summed E-state index contributed by atoms with van der Waals surface area (Å²) in [5, 5.41) is 0. The van der Waals surface area contributed by atoms with Gasteiger partial charge in [-0.1, -0.05) is 37.3 Å². The fraction of sp³-hybridized carbons (Fsp3) is 0.800. The zero-order valence-corrected chi connectivity index (χ0v) is 9.11. The predicted octanol–water partition coefficient (Wildman–Crippen LogP) is 3.83. The molecule has 0 amide bonds. The molecule has 0 radical (unpaired) electrons. The fourth-order valence-corrected chi connectivity index (χ4v) is 2.57. The Morgan fingerprint density at radius 2 is 2.09 bits per heavy atom. The van der Waals surface area contributed by atoms with Gasteiger partial charge in [-0.3, -0.25) is 0 Å². The van der Waals surface area contributed by atoms with Gasteiger partial charge in [0.2, 0.25) is 0 Å². The van der Waals surface area contributed by atoms with E-state index in [9.17, 15) is 0 Å². The summed E-state index contributed by atoms with van der Waals surface area (Å²) in [5.41, 5.74) is 1.74. The second-order valence-corrected chi connectivity index (χ2v) is 10.4. The summed E-state index contributed by atoms with van der Waals surface area (Å²) in [6.45, 7) is 7.38. The van der Waals surface area contributed by atoms with E-state index in [-0.39, 0.29) is 0 Å². The lowest BCUT2D eigenvalue weighted by atomic mass is 10.2. The van der Waals surface area contributed by atoms with Gasteiger partial charge in [0.1, 0.15) is 0 Å². The Morgan fingerprint density at radius 3 is 2.55 bits per heavy atom. The van der Waals surface area contributed by atoms with E-state index in [4.69, 9.17) is 0 Å². The maximum Gasteiger partial charge on any atom is 0.0445 e. The van der Waals surface area contributed by atoms with E-state index in [0.717, 1.165) is 0 Å².